The Balaban J connectivity index is 3.22. The first-order valence-electron chi connectivity index (χ1n) is 7.15. The third kappa shape index (κ3) is 13.8. The molecule has 1 unspecified atom stereocenters. The number of nitrogens with one attached hydrogen (secondary N) is 1. The third-order valence-corrected chi connectivity index (χ3v) is 2.85. The largest absolute Gasteiger partial charge is 0.386 e. The quantitative estimate of drug-likeness (QED) is 0.431. The van der Waals surface area contributed by atoms with Crippen molar-refractivity contribution in [1.29, 1.82) is 0 Å². The van der Waals surface area contributed by atoms with Crippen molar-refractivity contribution >= 4 is 0 Å². The maximum Gasteiger partial charge on any atom is 0.115 e. The van der Waals surface area contributed by atoms with Crippen molar-refractivity contribution in [2.75, 3.05) is 40.8 Å². The Labute approximate surface area is 108 Å². The molecule has 104 valence electrons. The van der Waals surface area contributed by atoms with Gasteiger partial charge in [0, 0.05) is 6.54 Å². The molecule has 0 amide bonds. The van der Waals surface area contributed by atoms with E-state index in [1.54, 1.807) is 0 Å². The number of hydrogen-bond acceptors (Lipinski definition) is 2. The summed E-state index contributed by atoms with van der Waals surface area (Å²) in [7, 11) is 6.32. The Bertz CT molecular complexity index is 166. The van der Waals surface area contributed by atoms with Gasteiger partial charge in [-0.1, -0.05) is 39.0 Å². The molecule has 1 atom stereocenters. The molecular formula is C14H33N2O+. The molecule has 0 aromatic rings. The summed E-state index contributed by atoms with van der Waals surface area (Å²) in [5, 5.41) is 13.1. The number of likely N-dealkylation sites (N-methyl/N-ethyl adjacent to an activating group) is 1. The second-order valence-corrected chi connectivity index (χ2v) is 6.10. The van der Waals surface area contributed by atoms with Crippen molar-refractivity contribution in [3.63, 3.8) is 0 Å². The van der Waals surface area contributed by atoms with Crippen LogP contribution in [0.3, 0.4) is 0 Å². The van der Waals surface area contributed by atoms with Gasteiger partial charge in [-0.25, -0.2) is 0 Å². The molecule has 0 heterocycles. The predicted molar refractivity (Wildman–Crippen MR) is 75.2 cm³/mol. The minimum Gasteiger partial charge on any atom is -0.386 e. The minimum atomic E-state index is -0.227. The average Bonchev–Trinajstić information content (AvgIpc) is 2.19. The molecule has 0 aromatic heterocycles. The predicted octanol–water partition coefficient (Wildman–Crippen LogP) is 2.00. The first-order chi connectivity index (χ1) is 7.95. The van der Waals surface area contributed by atoms with Crippen LogP contribution in [0.1, 0.15) is 45.4 Å². The summed E-state index contributed by atoms with van der Waals surface area (Å²) in [6.07, 6.45) is 7.75. The summed E-state index contributed by atoms with van der Waals surface area (Å²) in [5.74, 6) is 0. The van der Waals surface area contributed by atoms with Crippen molar-refractivity contribution in [2.45, 2.75) is 51.6 Å². The van der Waals surface area contributed by atoms with E-state index in [2.05, 4.69) is 33.4 Å². The highest BCUT2D eigenvalue weighted by Crippen LogP contribution is 2.04. The molecule has 0 aromatic carbocycles. The molecule has 0 aliphatic carbocycles. The zero-order valence-corrected chi connectivity index (χ0v) is 12.3. The molecule has 17 heavy (non-hydrogen) atoms. The summed E-state index contributed by atoms with van der Waals surface area (Å²) in [4.78, 5) is 0. The zero-order valence-electron chi connectivity index (χ0n) is 12.3. The maximum absolute atomic E-state index is 9.78. The van der Waals surface area contributed by atoms with Crippen LogP contribution in [0.4, 0.5) is 0 Å². The summed E-state index contributed by atoms with van der Waals surface area (Å²) in [6, 6.07) is 0. The molecular weight excluding hydrogens is 212 g/mol. The SMILES string of the molecule is CCCCCCCCNCC(O)C[N+](C)(C)C. The highest BCUT2D eigenvalue weighted by molar-refractivity contribution is 4.58. The molecule has 0 saturated carbocycles. The second-order valence-electron chi connectivity index (χ2n) is 6.10. The zero-order chi connectivity index (χ0) is 13.1. The molecule has 0 aliphatic heterocycles. The van der Waals surface area contributed by atoms with Crippen LogP contribution >= 0.6 is 0 Å². The fourth-order valence-corrected chi connectivity index (χ4v) is 2.00. The Morgan fingerprint density at radius 1 is 1.00 bits per heavy atom. The lowest BCUT2D eigenvalue weighted by molar-refractivity contribution is -0.873. The lowest BCUT2D eigenvalue weighted by Crippen LogP contribution is -2.45. The van der Waals surface area contributed by atoms with E-state index in [-0.39, 0.29) is 6.10 Å². The molecule has 3 nitrogen and oxygen atoms in total. The van der Waals surface area contributed by atoms with Crippen LogP contribution in [0.15, 0.2) is 0 Å². The van der Waals surface area contributed by atoms with Gasteiger partial charge in [0.05, 0.1) is 21.1 Å². The fraction of sp³-hybridized carbons (Fsp3) is 1.00. The van der Waals surface area contributed by atoms with Crippen LogP contribution in [0.25, 0.3) is 0 Å². The molecule has 0 radical (unpaired) electrons. The second kappa shape index (κ2) is 9.86. The average molecular weight is 245 g/mol. The van der Waals surface area contributed by atoms with Crippen LogP contribution < -0.4 is 5.32 Å². The number of nitrogens with zero attached hydrogens (tertiary/aromatic N) is 1. The van der Waals surface area contributed by atoms with Gasteiger partial charge >= 0.3 is 0 Å². The Kier molecular flexibility index (Phi) is 9.79. The minimum absolute atomic E-state index is 0.227. The van der Waals surface area contributed by atoms with Crippen LogP contribution in [0.2, 0.25) is 0 Å². The van der Waals surface area contributed by atoms with Gasteiger partial charge in [-0.3, -0.25) is 0 Å². The first kappa shape index (κ1) is 16.9. The number of aliphatic hydroxyl groups excluding tert-OH is 1. The number of rotatable bonds is 11. The van der Waals surface area contributed by atoms with Crippen LogP contribution in [0.5, 0.6) is 0 Å². The van der Waals surface area contributed by atoms with Gasteiger partial charge in [0.1, 0.15) is 12.6 Å². The first-order valence-corrected chi connectivity index (χ1v) is 7.15. The monoisotopic (exact) mass is 245 g/mol. The fourth-order valence-electron chi connectivity index (χ4n) is 2.00. The van der Waals surface area contributed by atoms with Gasteiger partial charge in [-0.05, 0) is 13.0 Å². The normalized spacial score (nSPS) is 13.9. The smallest absolute Gasteiger partial charge is 0.115 e. The van der Waals surface area contributed by atoms with Crippen LogP contribution in [-0.4, -0.2) is 56.5 Å². The molecule has 2 N–H and O–H groups in total. The van der Waals surface area contributed by atoms with E-state index < -0.39 is 0 Å². The van der Waals surface area contributed by atoms with Gasteiger partial charge in [-0.15, -0.1) is 0 Å². The highest BCUT2D eigenvalue weighted by atomic mass is 16.3. The van der Waals surface area contributed by atoms with Crippen LogP contribution in [-0.2, 0) is 0 Å². The molecule has 0 bridgehead atoms. The van der Waals surface area contributed by atoms with E-state index in [9.17, 15) is 5.11 Å². The van der Waals surface area contributed by atoms with E-state index in [4.69, 9.17) is 0 Å². The molecule has 3 heteroatoms. The van der Waals surface area contributed by atoms with Crippen molar-refractivity contribution < 1.29 is 9.59 Å². The number of unbranched alkanes of at least 4 members (excludes halogenated alkanes) is 5. The summed E-state index contributed by atoms with van der Waals surface area (Å²) < 4.78 is 0.819. The van der Waals surface area contributed by atoms with E-state index in [0.717, 1.165) is 24.1 Å². The van der Waals surface area contributed by atoms with Crippen molar-refractivity contribution in [3.05, 3.63) is 0 Å². The van der Waals surface area contributed by atoms with Gasteiger partial charge in [0.25, 0.3) is 0 Å². The molecule has 0 fully saturated rings. The van der Waals surface area contributed by atoms with Crippen molar-refractivity contribution in [2.24, 2.45) is 0 Å². The number of aliphatic hydroxyl groups is 1. The maximum atomic E-state index is 9.78. The van der Waals surface area contributed by atoms with Crippen LogP contribution in [0, 0.1) is 0 Å². The summed E-state index contributed by atoms with van der Waals surface area (Å²) in [5.41, 5.74) is 0. The molecule has 0 rings (SSSR count). The topological polar surface area (TPSA) is 32.3 Å². The third-order valence-electron chi connectivity index (χ3n) is 2.85. The Morgan fingerprint density at radius 2 is 1.59 bits per heavy atom. The lowest BCUT2D eigenvalue weighted by atomic mass is 10.1. The van der Waals surface area contributed by atoms with Gasteiger partial charge < -0.3 is 14.9 Å². The lowest BCUT2D eigenvalue weighted by Gasteiger charge is -2.26. The van der Waals surface area contributed by atoms with Gasteiger partial charge in [-0.2, -0.15) is 0 Å². The van der Waals surface area contributed by atoms with Gasteiger partial charge in [0.2, 0.25) is 0 Å². The summed E-state index contributed by atoms with van der Waals surface area (Å²) >= 11 is 0. The summed E-state index contributed by atoms with van der Waals surface area (Å²) in [6.45, 7) is 4.82. The van der Waals surface area contributed by atoms with Gasteiger partial charge in [0.15, 0.2) is 0 Å². The number of hydrogen-bond donors (Lipinski definition) is 2. The van der Waals surface area contributed by atoms with E-state index >= 15 is 0 Å². The van der Waals surface area contributed by atoms with Crippen molar-refractivity contribution in [3.8, 4) is 0 Å². The standard InChI is InChI=1S/C14H33N2O/c1-5-6-7-8-9-10-11-15-12-14(17)13-16(2,3)4/h14-15,17H,5-13H2,1-4H3/q+1. The van der Waals surface area contributed by atoms with Crippen molar-refractivity contribution in [1.82, 2.24) is 5.32 Å². The number of quaternary nitrogens is 1. The van der Waals surface area contributed by atoms with E-state index in [0.29, 0.717) is 0 Å². The highest BCUT2D eigenvalue weighted by Gasteiger charge is 2.14. The van der Waals surface area contributed by atoms with E-state index in [1.165, 1.54) is 38.5 Å². The molecule has 0 spiro atoms. The Morgan fingerprint density at radius 3 is 2.18 bits per heavy atom. The molecule has 0 saturated heterocycles. The Hall–Kier alpha value is -0.120. The molecule has 0 aliphatic rings. The van der Waals surface area contributed by atoms with E-state index in [1.807, 2.05) is 0 Å².